The maximum absolute atomic E-state index is 12.8. The molecule has 1 unspecified atom stereocenters. The summed E-state index contributed by atoms with van der Waals surface area (Å²) < 4.78 is 28.3. The fraction of sp³-hybridized carbons (Fsp3) is 0.333. The van der Waals surface area contributed by atoms with Gasteiger partial charge in [0.05, 0.1) is 24.9 Å². The number of fused-ring (bicyclic) bond motifs is 1. The molecule has 3 rings (SSSR count). The van der Waals surface area contributed by atoms with Crippen LogP contribution in [0, 0.1) is 0 Å². The summed E-state index contributed by atoms with van der Waals surface area (Å²) in [7, 11) is 3.10. The molecule has 160 valence electrons. The van der Waals surface area contributed by atoms with Gasteiger partial charge in [-0.05, 0) is 46.6 Å². The van der Waals surface area contributed by atoms with Crippen molar-refractivity contribution in [3.05, 3.63) is 45.9 Å². The van der Waals surface area contributed by atoms with E-state index in [4.69, 9.17) is 23.7 Å². The highest BCUT2D eigenvalue weighted by atomic mass is 79.9. The minimum atomic E-state index is -0.888. The van der Waals surface area contributed by atoms with Crippen molar-refractivity contribution >= 4 is 28.1 Å². The molecule has 1 amide bonds. The van der Waals surface area contributed by atoms with Gasteiger partial charge < -0.3 is 23.7 Å². The summed E-state index contributed by atoms with van der Waals surface area (Å²) in [5, 5.41) is 4.06. The average molecular weight is 479 g/mol. The second kappa shape index (κ2) is 10.3. The molecule has 0 aliphatic carbocycles. The van der Waals surface area contributed by atoms with Crippen LogP contribution < -0.4 is 24.4 Å². The first kappa shape index (κ1) is 21.9. The summed E-state index contributed by atoms with van der Waals surface area (Å²) in [5.41, 5.74) is 3.83. The van der Waals surface area contributed by atoms with Crippen LogP contribution in [0.1, 0.15) is 24.2 Å². The number of carbonyl (C=O) groups excluding carboxylic acids is 1. The van der Waals surface area contributed by atoms with Gasteiger partial charge in [0.1, 0.15) is 13.2 Å². The van der Waals surface area contributed by atoms with Gasteiger partial charge in [-0.25, -0.2) is 5.43 Å². The van der Waals surface area contributed by atoms with Crippen molar-refractivity contribution in [3.63, 3.8) is 0 Å². The molecule has 0 saturated carbocycles. The first-order chi connectivity index (χ1) is 14.6. The number of hydrogen-bond acceptors (Lipinski definition) is 7. The molecule has 0 saturated heterocycles. The molecule has 1 aliphatic rings. The van der Waals surface area contributed by atoms with Crippen LogP contribution in [0.3, 0.4) is 0 Å². The number of hydrazone groups is 1. The summed E-state index contributed by atoms with van der Waals surface area (Å²) >= 11 is 3.43. The zero-order valence-corrected chi connectivity index (χ0v) is 18.5. The van der Waals surface area contributed by atoms with E-state index in [0.717, 1.165) is 0 Å². The molecule has 1 atom stereocenters. The predicted octanol–water partition coefficient (Wildman–Crippen LogP) is 3.47. The fourth-order valence-electron chi connectivity index (χ4n) is 3.02. The van der Waals surface area contributed by atoms with Crippen molar-refractivity contribution in [2.45, 2.75) is 13.0 Å². The molecule has 9 heteroatoms. The van der Waals surface area contributed by atoms with E-state index in [1.807, 2.05) is 6.92 Å². The highest BCUT2D eigenvalue weighted by Crippen LogP contribution is 2.38. The lowest BCUT2D eigenvalue weighted by Gasteiger charge is -2.24. The van der Waals surface area contributed by atoms with Gasteiger partial charge in [0.15, 0.2) is 29.1 Å². The Kier molecular flexibility index (Phi) is 7.53. The lowest BCUT2D eigenvalue weighted by atomic mass is 10.1. The number of hydrogen-bond donors (Lipinski definition) is 1. The second-order valence-electron chi connectivity index (χ2n) is 6.18. The van der Waals surface area contributed by atoms with Crippen LogP contribution in [-0.4, -0.2) is 46.2 Å². The Morgan fingerprint density at radius 1 is 1.27 bits per heavy atom. The number of nitrogens with one attached hydrogen (secondary N) is 1. The number of halogens is 1. The average Bonchev–Trinajstić information content (AvgIpc) is 2.76. The number of rotatable bonds is 8. The summed E-state index contributed by atoms with van der Waals surface area (Å²) in [6.45, 7) is 3.04. The van der Waals surface area contributed by atoms with Crippen LogP contribution in [0.25, 0.3) is 0 Å². The summed E-state index contributed by atoms with van der Waals surface area (Å²) in [6.07, 6.45) is 0.620. The molecule has 0 aromatic heterocycles. The molecule has 8 nitrogen and oxygen atoms in total. The van der Waals surface area contributed by atoms with Gasteiger partial charge in [-0.2, -0.15) is 5.10 Å². The molecule has 2 aromatic rings. The van der Waals surface area contributed by atoms with Crippen molar-refractivity contribution < 1.29 is 28.5 Å². The molecule has 30 heavy (non-hydrogen) atoms. The van der Waals surface area contributed by atoms with E-state index in [1.54, 1.807) is 44.6 Å². The van der Waals surface area contributed by atoms with E-state index in [2.05, 4.69) is 26.5 Å². The van der Waals surface area contributed by atoms with Crippen LogP contribution in [0.15, 0.2) is 39.9 Å². The molecule has 2 aromatic carbocycles. The number of carbonyl (C=O) groups is 1. The molecule has 1 heterocycles. The lowest BCUT2D eigenvalue weighted by Crippen LogP contribution is -2.28. The SMILES string of the molecule is CCOC(C(=O)N/N=C/c1cc(Br)c(OC)c(OC)c1)c1cccc2c1OCCO2. The standard InChI is InChI=1S/C21H23BrN2O6/c1-4-28-19(14-6-5-7-16-18(14)30-9-8-29-16)21(25)24-23-12-13-10-15(22)20(27-3)17(11-13)26-2/h5-7,10-12,19H,4,8-9H2,1-3H3,(H,24,25)/b23-12+. The molecule has 0 fully saturated rings. The smallest absolute Gasteiger partial charge is 0.273 e. The van der Waals surface area contributed by atoms with Gasteiger partial charge in [-0.3, -0.25) is 4.79 Å². The third-order valence-corrected chi connectivity index (χ3v) is 4.88. The van der Waals surface area contributed by atoms with Gasteiger partial charge in [0.25, 0.3) is 5.91 Å². The molecule has 0 radical (unpaired) electrons. The van der Waals surface area contributed by atoms with Gasteiger partial charge in [0, 0.05) is 12.2 Å². The molecule has 1 aliphatic heterocycles. The number of ether oxygens (including phenoxy) is 5. The topological polar surface area (TPSA) is 87.6 Å². The zero-order valence-electron chi connectivity index (χ0n) is 16.9. The Balaban J connectivity index is 1.78. The van der Waals surface area contributed by atoms with Crippen LogP contribution in [0.5, 0.6) is 23.0 Å². The first-order valence-corrected chi connectivity index (χ1v) is 10.1. The van der Waals surface area contributed by atoms with E-state index in [-0.39, 0.29) is 0 Å². The lowest BCUT2D eigenvalue weighted by molar-refractivity contribution is -0.133. The molecule has 0 bridgehead atoms. The first-order valence-electron chi connectivity index (χ1n) is 9.33. The Labute approximate surface area is 183 Å². The minimum Gasteiger partial charge on any atom is -0.493 e. The maximum atomic E-state index is 12.8. The summed E-state index contributed by atoms with van der Waals surface area (Å²) in [4.78, 5) is 12.8. The van der Waals surface area contributed by atoms with Gasteiger partial charge in [-0.1, -0.05) is 12.1 Å². The van der Waals surface area contributed by atoms with E-state index in [9.17, 15) is 4.79 Å². The fourth-order valence-corrected chi connectivity index (χ4v) is 3.64. The Morgan fingerprint density at radius 3 is 2.80 bits per heavy atom. The van der Waals surface area contributed by atoms with E-state index in [1.165, 1.54) is 6.21 Å². The minimum absolute atomic E-state index is 0.342. The third kappa shape index (κ3) is 4.85. The predicted molar refractivity (Wildman–Crippen MR) is 115 cm³/mol. The van der Waals surface area contributed by atoms with E-state index >= 15 is 0 Å². The van der Waals surface area contributed by atoms with Gasteiger partial charge >= 0.3 is 0 Å². The van der Waals surface area contributed by atoms with Crippen molar-refractivity contribution in [1.29, 1.82) is 0 Å². The highest BCUT2D eigenvalue weighted by Gasteiger charge is 2.28. The number of benzene rings is 2. The van der Waals surface area contributed by atoms with E-state index < -0.39 is 12.0 Å². The van der Waals surface area contributed by atoms with Crippen LogP contribution in [-0.2, 0) is 9.53 Å². The number of nitrogens with zero attached hydrogens (tertiary/aromatic N) is 1. The quantitative estimate of drug-likeness (QED) is 0.461. The van der Waals surface area contributed by atoms with Crippen molar-refractivity contribution in [3.8, 4) is 23.0 Å². The van der Waals surface area contributed by atoms with Crippen molar-refractivity contribution in [2.24, 2.45) is 5.10 Å². The Bertz CT molecular complexity index is 934. The normalized spacial score (nSPS) is 13.7. The summed E-state index contributed by atoms with van der Waals surface area (Å²) in [6, 6.07) is 8.93. The van der Waals surface area contributed by atoms with Crippen LogP contribution in [0.4, 0.5) is 0 Å². The zero-order chi connectivity index (χ0) is 21.5. The Hall–Kier alpha value is -2.78. The largest absolute Gasteiger partial charge is 0.493 e. The molecule has 1 N–H and O–H groups in total. The number of amides is 1. The third-order valence-electron chi connectivity index (χ3n) is 4.29. The monoisotopic (exact) mass is 478 g/mol. The van der Waals surface area contributed by atoms with Gasteiger partial charge in [-0.15, -0.1) is 0 Å². The highest BCUT2D eigenvalue weighted by molar-refractivity contribution is 9.10. The Morgan fingerprint density at radius 2 is 2.07 bits per heavy atom. The van der Waals surface area contributed by atoms with Gasteiger partial charge in [0.2, 0.25) is 0 Å². The van der Waals surface area contributed by atoms with Crippen molar-refractivity contribution in [2.75, 3.05) is 34.0 Å². The second-order valence-corrected chi connectivity index (χ2v) is 7.03. The molecule has 0 spiro atoms. The summed E-state index contributed by atoms with van der Waals surface area (Å²) in [5.74, 6) is 1.81. The van der Waals surface area contributed by atoms with Crippen LogP contribution >= 0.6 is 15.9 Å². The number of para-hydroxylation sites is 1. The van der Waals surface area contributed by atoms with Crippen molar-refractivity contribution in [1.82, 2.24) is 5.43 Å². The molecular weight excluding hydrogens is 456 g/mol. The van der Waals surface area contributed by atoms with E-state index in [0.29, 0.717) is 58.4 Å². The molecular formula is C21H23BrN2O6. The maximum Gasteiger partial charge on any atom is 0.273 e. The number of methoxy groups -OCH3 is 2. The van der Waals surface area contributed by atoms with Crippen LogP contribution in [0.2, 0.25) is 0 Å².